The van der Waals surface area contributed by atoms with Crippen LogP contribution < -0.4 is 10.1 Å². The van der Waals surface area contributed by atoms with Crippen LogP contribution in [0.2, 0.25) is 5.02 Å². The van der Waals surface area contributed by atoms with Crippen LogP contribution in [0.15, 0.2) is 28.9 Å². The second kappa shape index (κ2) is 8.48. The Morgan fingerprint density at radius 2 is 1.96 bits per heavy atom. The van der Waals surface area contributed by atoms with Gasteiger partial charge in [0.15, 0.2) is 5.69 Å². The first-order valence-electron chi connectivity index (χ1n) is 9.03. The summed E-state index contributed by atoms with van der Waals surface area (Å²) in [5.74, 6) is 0.935. The van der Waals surface area contributed by atoms with Gasteiger partial charge in [0, 0.05) is 6.54 Å². The summed E-state index contributed by atoms with van der Waals surface area (Å²) in [5, 5.41) is 11.4. The molecule has 0 saturated heterocycles. The number of nitrogens with one attached hydrogen (secondary N) is 1. The van der Waals surface area contributed by atoms with Crippen LogP contribution in [0.4, 0.5) is 0 Å². The number of ether oxygens (including phenoxy) is 1. The van der Waals surface area contributed by atoms with Gasteiger partial charge in [-0.25, -0.2) is 0 Å². The van der Waals surface area contributed by atoms with Crippen molar-refractivity contribution in [1.29, 1.82) is 0 Å². The van der Waals surface area contributed by atoms with Crippen molar-refractivity contribution in [3.05, 3.63) is 63.3 Å². The third-order valence-corrected chi connectivity index (χ3v) is 4.71. The molecule has 2 heterocycles. The van der Waals surface area contributed by atoms with Gasteiger partial charge in [-0.15, -0.1) is 0 Å². The molecule has 148 valence electrons. The van der Waals surface area contributed by atoms with Gasteiger partial charge in [0.05, 0.1) is 29.0 Å². The molecule has 0 aliphatic heterocycles. The highest BCUT2D eigenvalue weighted by Crippen LogP contribution is 2.21. The lowest BCUT2D eigenvalue weighted by Gasteiger charge is -2.09. The number of amides is 1. The Labute approximate surface area is 168 Å². The number of benzene rings is 1. The van der Waals surface area contributed by atoms with Gasteiger partial charge in [0.1, 0.15) is 18.1 Å². The van der Waals surface area contributed by atoms with Crippen molar-refractivity contribution < 1.29 is 14.1 Å². The molecule has 0 spiro atoms. The van der Waals surface area contributed by atoms with E-state index in [-0.39, 0.29) is 24.8 Å². The smallest absolute Gasteiger partial charge is 0.274 e. The second-order valence-electron chi connectivity index (χ2n) is 6.62. The van der Waals surface area contributed by atoms with Crippen LogP contribution in [0.3, 0.4) is 0 Å². The molecule has 0 radical (unpaired) electrons. The maximum absolute atomic E-state index is 12.6. The van der Waals surface area contributed by atoms with Crippen molar-refractivity contribution in [2.45, 2.75) is 47.4 Å². The number of aryl methyl sites for hydroxylation is 4. The predicted molar refractivity (Wildman–Crippen MR) is 106 cm³/mol. The SMILES string of the molecule is CCn1ncc(Cl)c1CNC(=O)c1noc(C)c1COc1cc(C)cc(C)c1. The summed E-state index contributed by atoms with van der Waals surface area (Å²) in [5.41, 5.74) is 3.79. The number of hydrogen-bond acceptors (Lipinski definition) is 5. The quantitative estimate of drug-likeness (QED) is 0.646. The maximum Gasteiger partial charge on any atom is 0.274 e. The Hall–Kier alpha value is -2.80. The molecule has 1 aromatic carbocycles. The number of rotatable bonds is 7. The number of hydrogen-bond donors (Lipinski definition) is 1. The molecule has 2 aromatic heterocycles. The van der Waals surface area contributed by atoms with Gasteiger partial charge in [-0.05, 0) is 51.0 Å². The minimum Gasteiger partial charge on any atom is -0.489 e. The standard InChI is InChI=1S/C20H23ClN4O3/c1-5-25-18(17(21)9-23-25)10-22-20(26)19-16(14(4)28-24-19)11-27-15-7-12(2)6-13(3)8-15/h6-9H,5,10-11H2,1-4H3,(H,22,26). The lowest BCUT2D eigenvalue weighted by Crippen LogP contribution is -2.26. The first-order chi connectivity index (χ1) is 13.4. The summed E-state index contributed by atoms with van der Waals surface area (Å²) in [6.45, 7) is 8.83. The zero-order chi connectivity index (χ0) is 20.3. The molecule has 3 rings (SSSR count). The molecule has 1 N–H and O–H groups in total. The Morgan fingerprint density at radius 1 is 1.25 bits per heavy atom. The summed E-state index contributed by atoms with van der Waals surface area (Å²) in [6, 6.07) is 5.97. The zero-order valence-corrected chi connectivity index (χ0v) is 17.1. The fraction of sp³-hybridized carbons (Fsp3) is 0.350. The van der Waals surface area contributed by atoms with Crippen molar-refractivity contribution in [3.63, 3.8) is 0 Å². The minimum absolute atomic E-state index is 0.189. The van der Waals surface area contributed by atoms with Crippen LogP contribution in [0.1, 0.15) is 45.6 Å². The van der Waals surface area contributed by atoms with Crippen LogP contribution in [-0.2, 0) is 19.7 Å². The van der Waals surface area contributed by atoms with Gasteiger partial charge < -0.3 is 14.6 Å². The van der Waals surface area contributed by atoms with Crippen LogP contribution in [0.5, 0.6) is 5.75 Å². The topological polar surface area (TPSA) is 82.2 Å². The third-order valence-electron chi connectivity index (χ3n) is 4.39. The monoisotopic (exact) mass is 402 g/mol. The highest BCUT2D eigenvalue weighted by atomic mass is 35.5. The van der Waals surface area contributed by atoms with Crippen LogP contribution in [-0.4, -0.2) is 20.8 Å². The molecule has 0 fully saturated rings. The van der Waals surface area contributed by atoms with Gasteiger partial charge in [0.25, 0.3) is 5.91 Å². The molecule has 0 bridgehead atoms. The van der Waals surface area contributed by atoms with E-state index in [0.29, 0.717) is 22.9 Å². The first kappa shape index (κ1) is 19.9. The lowest BCUT2D eigenvalue weighted by atomic mass is 10.1. The molecule has 0 aliphatic rings. The maximum atomic E-state index is 12.6. The van der Waals surface area contributed by atoms with Crippen molar-refractivity contribution in [3.8, 4) is 5.75 Å². The van der Waals surface area contributed by atoms with E-state index < -0.39 is 0 Å². The highest BCUT2D eigenvalue weighted by Gasteiger charge is 2.21. The normalized spacial score (nSPS) is 10.9. The van der Waals surface area contributed by atoms with Crippen LogP contribution >= 0.6 is 11.6 Å². The van der Waals surface area contributed by atoms with E-state index in [1.54, 1.807) is 17.8 Å². The summed E-state index contributed by atoms with van der Waals surface area (Å²) < 4.78 is 12.8. The molecular weight excluding hydrogens is 380 g/mol. The van der Waals surface area contributed by atoms with Gasteiger partial charge in [-0.2, -0.15) is 5.10 Å². The van der Waals surface area contributed by atoms with Crippen molar-refractivity contribution in [2.24, 2.45) is 0 Å². The van der Waals surface area contributed by atoms with Crippen LogP contribution in [0, 0.1) is 20.8 Å². The molecule has 28 heavy (non-hydrogen) atoms. The van der Waals surface area contributed by atoms with Gasteiger partial charge in [-0.3, -0.25) is 9.48 Å². The molecule has 1 amide bonds. The molecular formula is C20H23ClN4O3. The van der Waals surface area contributed by atoms with E-state index in [0.717, 1.165) is 22.6 Å². The largest absolute Gasteiger partial charge is 0.489 e. The van der Waals surface area contributed by atoms with Gasteiger partial charge >= 0.3 is 0 Å². The average molecular weight is 403 g/mol. The summed E-state index contributed by atoms with van der Waals surface area (Å²) in [7, 11) is 0. The second-order valence-corrected chi connectivity index (χ2v) is 7.02. The van der Waals surface area contributed by atoms with E-state index in [1.807, 2.05) is 32.9 Å². The Balaban J connectivity index is 1.71. The zero-order valence-electron chi connectivity index (χ0n) is 16.4. The summed E-state index contributed by atoms with van der Waals surface area (Å²) >= 11 is 6.14. The molecule has 0 saturated carbocycles. The Morgan fingerprint density at radius 3 is 2.64 bits per heavy atom. The lowest BCUT2D eigenvalue weighted by molar-refractivity contribution is 0.0938. The molecule has 0 atom stereocenters. The van der Waals surface area contributed by atoms with E-state index in [9.17, 15) is 4.79 Å². The fourth-order valence-electron chi connectivity index (χ4n) is 3.00. The molecule has 8 heteroatoms. The number of halogens is 1. The van der Waals surface area contributed by atoms with Crippen molar-refractivity contribution in [2.75, 3.05) is 0 Å². The Bertz CT molecular complexity index is 973. The molecule has 3 aromatic rings. The van der Waals surface area contributed by atoms with E-state index in [2.05, 4.69) is 21.6 Å². The molecule has 7 nitrogen and oxygen atoms in total. The fourth-order valence-corrected chi connectivity index (χ4v) is 3.20. The number of carbonyl (C=O) groups excluding carboxylic acids is 1. The minimum atomic E-state index is -0.351. The predicted octanol–water partition coefficient (Wildman–Crippen LogP) is 3.98. The third kappa shape index (κ3) is 4.36. The van der Waals surface area contributed by atoms with Gasteiger partial charge in [0.2, 0.25) is 0 Å². The average Bonchev–Trinajstić information content (AvgIpc) is 3.19. The molecule has 0 unspecified atom stereocenters. The highest BCUT2D eigenvalue weighted by molar-refractivity contribution is 6.31. The first-order valence-corrected chi connectivity index (χ1v) is 9.41. The number of carbonyl (C=O) groups is 1. The number of nitrogens with zero attached hydrogens (tertiary/aromatic N) is 3. The van der Waals surface area contributed by atoms with E-state index in [4.69, 9.17) is 20.9 Å². The van der Waals surface area contributed by atoms with Crippen molar-refractivity contribution in [1.82, 2.24) is 20.3 Å². The summed E-state index contributed by atoms with van der Waals surface area (Å²) in [4.78, 5) is 12.6. The summed E-state index contributed by atoms with van der Waals surface area (Å²) in [6.07, 6.45) is 1.57. The number of aromatic nitrogens is 3. The van der Waals surface area contributed by atoms with Crippen molar-refractivity contribution >= 4 is 17.5 Å². The van der Waals surface area contributed by atoms with E-state index >= 15 is 0 Å². The van der Waals surface area contributed by atoms with E-state index in [1.165, 1.54) is 0 Å². The Kier molecular flexibility index (Phi) is 6.04. The molecule has 0 aliphatic carbocycles. The van der Waals surface area contributed by atoms with Gasteiger partial charge in [-0.1, -0.05) is 22.8 Å². The van der Waals surface area contributed by atoms with Crippen LogP contribution in [0.25, 0.3) is 0 Å².